The summed E-state index contributed by atoms with van der Waals surface area (Å²) in [6, 6.07) is 0. The summed E-state index contributed by atoms with van der Waals surface area (Å²) in [5.74, 6) is -3.07. The maximum atomic E-state index is 12.7. The Kier molecular flexibility index (Phi) is 8.37. The third-order valence-corrected chi connectivity index (χ3v) is 5.50. The van der Waals surface area contributed by atoms with Crippen LogP contribution in [-0.4, -0.2) is 59.6 Å². The van der Waals surface area contributed by atoms with Crippen LogP contribution in [0, 0.1) is 11.8 Å². The zero-order chi connectivity index (χ0) is 22.4. The van der Waals surface area contributed by atoms with Crippen LogP contribution in [-0.2, 0) is 28.6 Å². The van der Waals surface area contributed by atoms with E-state index in [1.807, 2.05) is 6.92 Å². The molecular weight excluding hydrogens is 392 g/mol. The fourth-order valence-corrected chi connectivity index (χ4v) is 3.56. The van der Waals surface area contributed by atoms with Crippen molar-refractivity contribution in [3.8, 4) is 0 Å². The van der Waals surface area contributed by atoms with Gasteiger partial charge in [0.25, 0.3) is 0 Å². The van der Waals surface area contributed by atoms with Crippen molar-refractivity contribution >= 4 is 17.9 Å². The zero-order valence-electron chi connectivity index (χ0n) is 17.6. The summed E-state index contributed by atoms with van der Waals surface area (Å²) >= 11 is 0. The average molecular weight is 422 g/mol. The van der Waals surface area contributed by atoms with Gasteiger partial charge in [-0.1, -0.05) is 26.5 Å². The number of fused-ring (bicyclic) bond motifs is 1. The summed E-state index contributed by atoms with van der Waals surface area (Å²) in [5.41, 5.74) is 1.06. The minimum Gasteiger partial charge on any atom is -0.457 e. The second-order valence-electron chi connectivity index (χ2n) is 7.62. The lowest BCUT2D eigenvalue weighted by Crippen LogP contribution is -2.46. The van der Waals surface area contributed by atoms with Gasteiger partial charge in [-0.2, -0.15) is 0 Å². The fraction of sp³-hybridized carbons (Fsp3) is 0.591. The van der Waals surface area contributed by atoms with Crippen LogP contribution in [0.4, 0.5) is 0 Å². The Morgan fingerprint density at radius 3 is 2.57 bits per heavy atom. The number of aliphatic hydroxyl groups excluding tert-OH is 2. The monoisotopic (exact) mass is 422 g/mol. The molecule has 0 saturated carbocycles. The first kappa shape index (κ1) is 23.8. The highest BCUT2D eigenvalue weighted by atomic mass is 16.6. The Hall–Kier alpha value is -2.45. The van der Waals surface area contributed by atoms with Crippen molar-refractivity contribution in [1.29, 1.82) is 0 Å². The lowest BCUT2D eigenvalue weighted by atomic mass is 9.83. The Balaban J connectivity index is 2.61. The van der Waals surface area contributed by atoms with Crippen LogP contribution >= 0.6 is 0 Å². The van der Waals surface area contributed by atoms with Gasteiger partial charge in [-0.3, -0.25) is 9.59 Å². The van der Waals surface area contributed by atoms with Crippen LogP contribution in [0.2, 0.25) is 0 Å². The first-order chi connectivity index (χ1) is 14.2. The first-order valence-electron chi connectivity index (χ1n) is 10.1. The summed E-state index contributed by atoms with van der Waals surface area (Å²) < 4.78 is 16.7. The summed E-state index contributed by atoms with van der Waals surface area (Å²) in [5, 5.41) is 19.6. The summed E-state index contributed by atoms with van der Waals surface area (Å²) in [4.78, 5) is 36.8. The van der Waals surface area contributed by atoms with Crippen molar-refractivity contribution in [1.82, 2.24) is 0 Å². The van der Waals surface area contributed by atoms with Crippen molar-refractivity contribution in [2.75, 3.05) is 13.2 Å². The van der Waals surface area contributed by atoms with E-state index in [1.54, 1.807) is 19.1 Å². The van der Waals surface area contributed by atoms with Gasteiger partial charge in [0.1, 0.15) is 6.10 Å². The highest BCUT2D eigenvalue weighted by Crippen LogP contribution is 2.37. The zero-order valence-corrected chi connectivity index (χ0v) is 17.6. The highest BCUT2D eigenvalue weighted by Gasteiger charge is 2.49. The van der Waals surface area contributed by atoms with E-state index in [0.717, 1.165) is 0 Å². The predicted molar refractivity (Wildman–Crippen MR) is 107 cm³/mol. The predicted octanol–water partition coefficient (Wildman–Crippen LogP) is 1.60. The fourth-order valence-electron chi connectivity index (χ4n) is 3.56. The molecule has 5 atom stereocenters. The molecule has 0 aromatic carbocycles. The summed E-state index contributed by atoms with van der Waals surface area (Å²) in [7, 11) is 0. The summed E-state index contributed by atoms with van der Waals surface area (Å²) in [6.07, 6.45) is 1.67. The minimum atomic E-state index is -1.13. The number of carbonyl (C=O) groups is 3. The van der Waals surface area contributed by atoms with E-state index >= 15 is 0 Å². The van der Waals surface area contributed by atoms with Crippen LogP contribution in [0.5, 0.6) is 0 Å². The molecule has 2 N–H and O–H groups in total. The molecule has 0 spiro atoms. The number of carbonyl (C=O) groups excluding carboxylic acids is 3. The van der Waals surface area contributed by atoms with Crippen LogP contribution in [0.15, 0.2) is 35.5 Å². The molecule has 0 unspecified atom stereocenters. The Labute approximate surface area is 176 Å². The lowest BCUT2D eigenvalue weighted by Gasteiger charge is -2.34. The molecule has 1 saturated heterocycles. The van der Waals surface area contributed by atoms with E-state index in [1.165, 1.54) is 6.92 Å². The summed E-state index contributed by atoms with van der Waals surface area (Å²) in [6.45, 7) is 7.89. The molecule has 2 aliphatic rings. The molecule has 1 fully saturated rings. The third kappa shape index (κ3) is 5.37. The molecule has 30 heavy (non-hydrogen) atoms. The maximum Gasteiger partial charge on any atom is 0.334 e. The topological polar surface area (TPSA) is 119 Å². The van der Waals surface area contributed by atoms with Gasteiger partial charge in [-0.25, -0.2) is 4.79 Å². The Bertz CT molecular complexity index is 750. The number of esters is 3. The molecular formula is C22H30O8. The molecule has 0 radical (unpaired) electrons. The molecule has 0 aromatic heterocycles. The van der Waals surface area contributed by atoms with Gasteiger partial charge in [-0.15, -0.1) is 0 Å². The molecule has 0 amide bonds. The van der Waals surface area contributed by atoms with Crippen LogP contribution in [0.3, 0.4) is 0 Å². The second-order valence-corrected chi connectivity index (χ2v) is 7.62. The number of ether oxygens (including phenoxy) is 3. The van der Waals surface area contributed by atoms with Crippen molar-refractivity contribution < 1.29 is 38.8 Å². The smallest absolute Gasteiger partial charge is 0.334 e. The lowest BCUT2D eigenvalue weighted by molar-refractivity contribution is -0.171. The number of hydrogen-bond donors (Lipinski definition) is 2. The molecule has 166 valence electrons. The van der Waals surface area contributed by atoms with Gasteiger partial charge in [0.05, 0.1) is 25.0 Å². The average Bonchev–Trinajstić information content (AvgIpc) is 2.99. The molecule has 0 aromatic rings. The van der Waals surface area contributed by atoms with E-state index in [2.05, 4.69) is 6.58 Å². The maximum absolute atomic E-state index is 12.7. The number of hydrogen-bond acceptors (Lipinski definition) is 8. The van der Waals surface area contributed by atoms with E-state index in [9.17, 15) is 24.6 Å². The van der Waals surface area contributed by atoms with Crippen LogP contribution in [0.25, 0.3) is 0 Å². The number of aliphatic hydroxyl groups is 2. The SMILES string of the molecule is C=C1C(=O)O[C@@H]2/C=C(\CO)CCC=C(CO)[C@H](OC(C)=O)[C@H](OC(=O)[C@H](C)CC)[C@@H]12. The van der Waals surface area contributed by atoms with Gasteiger partial charge < -0.3 is 24.4 Å². The van der Waals surface area contributed by atoms with E-state index in [-0.39, 0.29) is 12.2 Å². The number of allylic oxidation sites excluding steroid dienone is 1. The molecule has 1 aliphatic carbocycles. The quantitative estimate of drug-likeness (QED) is 0.287. The van der Waals surface area contributed by atoms with Gasteiger partial charge in [0.2, 0.25) is 0 Å². The van der Waals surface area contributed by atoms with Crippen LogP contribution in [0.1, 0.15) is 40.0 Å². The largest absolute Gasteiger partial charge is 0.457 e. The molecule has 0 bridgehead atoms. The second kappa shape index (κ2) is 10.5. The molecule has 2 rings (SSSR count). The Morgan fingerprint density at radius 1 is 1.30 bits per heavy atom. The minimum absolute atomic E-state index is 0.0745. The van der Waals surface area contributed by atoms with Gasteiger partial charge in [-0.05, 0) is 36.5 Å². The molecule has 8 nitrogen and oxygen atoms in total. The van der Waals surface area contributed by atoms with Crippen LogP contribution < -0.4 is 0 Å². The molecule has 1 aliphatic heterocycles. The highest BCUT2D eigenvalue weighted by molar-refractivity contribution is 5.91. The van der Waals surface area contributed by atoms with E-state index in [0.29, 0.717) is 30.4 Å². The van der Waals surface area contributed by atoms with Crippen molar-refractivity contribution in [3.63, 3.8) is 0 Å². The van der Waals surface area contributed by atoms with Crippen molar-refractivity contribution in [2.45, 2.75) is 58.3 Å². The molecule has 1 heterocycles. The van der Waals surface area contributed by atoms with Gasteiger partial charge in [0.15, 0.2) is 12.2 Å². The Morgan fingerprint density at radius 2 is 2.00 bits per heavy atom. The van der Waals surface area contributed by atoms with E-state index < -0.39 is 54.7 Å². The standard InChI is InChI=1S/C22H30O8/c1-5-12(2)21(26)30-20-18-13(3)22(27)29-17(18)9-15(10-23)7-6-8-16(11-24)19(20)28-14(4)25/h8-9,12,17-20,23-24H,3,5-7,10-11H2,1-2,4H3/b15-9-,16-8?/t12-,17-,18+,19+,20-/m1/s1. The van der Waals surface area contributed by atoms with Gasteiger partial charge in [0, 0.05) is 12.5 Å². The van der Waals surface area contributed by atoms with Gasteiger partial charge >= 0.3 is 17.9 Å². The normalized spacial score (nSPS) is 29.6. The molecule has 8 heteroatoms. The van der Waals surface area contributed by atoms with Crippen molar-refractivity contribution in [3.05, 3.63) is 35.5 Å². The van der Waals surface area contributed by atoms with E-state index in [4.69, 9.17) is 14.2 Å². The third-order valence-electron chi connectivity index (χ3n) is 5.50. The van der Waals surface area contributed by atoms with Crippen molar-refractivity contribution in [2.24, 2.45) is 11.8 Å². The first-order valence-corrected chi connectivity index (χ1v) is 10.1. The number of rotatable bonds is 6.